The molecule has 4 heteroatoms. The van der Waals surface area contributed by atoms with Crippen molar-refractivity contribution in [2.45, 2.75) is 43.4 Å². The molecule has 2 N–H and O–H groups in total. The maximum Gasteiger partial charge on any atom is 0.137 e. The minimum Gasteiger partial charge on any atom is -0.395 e. The van der Waals surface area contributed by atoms with Gasteiger partial charge in [0.15, 0.2) is 0 Å². The molecule has 0 aliphatic carbocycles. The first-order valence-electron chi connectivity index (χ1n) is 6.38. The third kappa shape index (κ3) is 4.59. The van der Waals surface area contributed by atoms with Crippen molar-refractivity contribution in [1.82, 2.24) is 5.32 Å². The van der Waals surface area contributed by atoms with Crippen LogP contribution in [0.15, 0.2) is 23.1 Å². The Morgan fingerprint density at radius 2 is 2.11 bits per heavy atom. The first-order valence-corrected chi connectivity index (χ1v) is 7.26. The third-order valence-corrected chi connectivity index (χ3v) is 3.88. The number of aliphatic hydroxyl groups excluding tert-OH is 1. The second-order valence-corrected chi connectivity index (χ2v) is 5.96. The highest BCUT2D eigenvalue weighted by molar-refractivity contribution is 8.00. The Hall–Kier alpha value is -0.580. The summed E-state index contributed by atoms with van der Waals surface area (Å²) in [4.78, 5) is 0.600. The molecule has 0 aliphatic heterocycles. The van der Waals surface area contributed by atoms with E-state index in [2.05, 4.69) is 12.2 Å². The zero-order chi connectivity index (χ0) is 13.5. The molecular formula is C14H22FNOS. The van der Waals surface area contributed by atoms with Crippen LogP contribution in [0.3, 0.4) is 0 Å². The van der Waals surface area contributed by atoms with E-state index in [1.807, 2.05) is 19.9 Å². The highest BCUT2D eigenvalue weighted by atomic mass is 32.2. The Morgan fingerprint density at radius 3 is 2.67 bits per heavy atom. The lowest BCUT2D eigenvalue weighted by Crippen LogP contribution is -2.19. The van der Waals surface area contributed by atoms with Crippen LogP contribution in [0.1, 0.15) is 38.8 Å². The molecular weight excluding hydrogens is 249 g/mol. The zero-order valence-corrected chi connectivity index (χ0v) is 12.1. The number of rotatable bonds is 7. The van der Waals surface area contributed by atoms with Crippen molar-refractivity contribution in [2.24, 2.45) is 0 Å². The molecule has 2 nitrogen and oxygen atoms in total. The molecule has 0 aromatic heterocycles. The smallest absolute Gasteiger partial charge is 0.137 e. The zero-order valence-electron chi connectivity index (χ0n) is 11.2. The van der Waals surface area contributed by atoms with Gasteiger partial charge in [-0.3, -0.25) is 0 Å². The number of hydrogen-bond acceptors (Lipinski definition) is 3. The molecule has 0 saturated heterocycles. The minimum atomic E-state index is -0.206. The molecule has 0 bridgehead atoms. The first kappa shape index (κ1) is 15.5. The molecule has 2 unspecified atom stereocenters. The average Bonchev–Trinajstić information content (AvgIpc) is 2.38. The molecule has 2 atom stereocenters. The molecule has 0 aliphatic rings. The number of benzene rings is 1. The van der Waals surface area contributed by atoms with E-state index in [9.17, 15) is 4.39 Å². The van der Waals surface area contributed by atoms with Gasteiger partial charge in [0.05, 0.1) is 6.61 Å². The molecule has 0 heterocycles. The van der Waals surface area contributed by atoms with Crippen molar-refractivity contribution in [3.05, 3.63) is 29.6 Å². The topological polar surface area (TPSA) is 32.3 Å². The van der Waals surface area contributed by atoms with E-state index in [-0.39, 0.29) is 23.7 Å². The number of hydrogen-bond donors (Lipinski definition) is 2. The summed E-state index contributed by atoms with van der Waals surface area (Å²) in [5.74, 6) is -0.206. The minimum absolute atomic E-state index is 0.0148. The van der Waals surface area contributed by atoms with Crippen molar-refractivity contribution in [2.75, 3.05) is 13.2 Å². The van der Waals surface area contributed by atoms with Gasteiger partial charge in [0.1, 0.15) is 5.82 Å². The van der Waals surface area contributed by atoms with E-state index in [4.69, 9.17) is 5.11 Å². The van der Waals surface area contributed by atoms with E-state index in [1.54, 1.807) is 12.1 Å². The first-order chi connectivity index (χ1) is 8.58. The molecule has 1 aromatic rings. The van der Waals surface area contributed by atoms with Crippen LogP contribution in [-0.4, -0.2) is 23.5 Å². The number of aliphatic hydroxyl groups is 1. The summed E-state index contributed by atoms with van der Waals surface area (Å²) >= 11 is 1.36. The molecule has 0 amide bonds. The Balaban J connectivity index is 2.72. The Bertz CT molecular complexity index is 373. The van der Waals surface area contributed by atoms with Crippen LogP contribution in [0.25, 0.3) is 0 Å². The van der Waals surface area contributed by atoms with Crippen molar-refractivity contribution >= 4 is 11.8 Å². The second kappa shape index (κ2) is 7.77. The summed E-state index contributed by atoms with van der Waals surface area (Å²) in [7, 11) is 0. The second-order valence-electron chi connectivity index (χ2n) is 4.48. The van der Waals surface area contributed by atoms with E-state index >= 15 is 0 Å². The van der Waals surface area contributed by atoms with Crippen LogP contribution in [0.2, 0.25) is 0 Å². The number of halogens is 1. The Morgan fingerprint density at radius 1 is 1.39 bits per heavy atom. The molecule has 0 saturated carbocycles. The average molecular weight is 271 g/mol. The van der Waals surface area contributed by atoms with Gasteiger partial charge in [-0.1, -0.05) is 19.9 Å². The van der Waals surface area contributed by atoms with E-state index in [0.717, 1.165) is 18.5 Å². The van der Waals surface area contributed by atoms with E-state index < -0.39 is 0 Å². The Labute approximate surface area is 113 Å². The van der Waals surface area contributed by atoms with Gasteiger partial charge in [0, 0.05) is 16.2 Å². The van der Waals surface area contributed by atoms with Crippen molar-refractivity contribution in [3.8, 4) is 0 Å². The maximum absolute atomic E-state index is 13.9. The molecule has 1 rings (SSSR count). The highest BCUT2D eigenvalue weighted by Gasteiger charge is 2.11. The van der Waals surface area contributed by atoms with Crippen molar-refractivity contribution < 1.29 is 9.50 Å². The summed E-state index contributed by atoms with van der Waals surface area (Å²) in [6.07, 6.45) is 1.06. The Kier molecular flexibility index (Phi) is 6.68. The van der Waals surface area contributed by atoms with Crippen molar-refractivity contribution in [3.63, 3.8) is 0 Å². The number of nitrogens with one attached hydrogen (secondary N) is 1. The lowest BCUT2D eigenvalue weighted by atomic mass is 10.1. The summed E-state index contributed by atoms with van der Waals surface area (Å²) < 4.78 is 13.9. The van der Waals surface area contributed by atoms with Gasteiger partial charge >= 0.3 is 0 Å². The van der Waals surface area contributed by atoms with Crippen LogP contribution in [0.5, 0.6) is 0 Å². The van der Waals surface area contributed by atoms with Crippen molar-refractivity contribution in [1.29, 1.82) is 0 Å². The van der Waals surface area contributed by atoms with Gasteiger partial charge in [-0.25, -0.2) is 4.39 Å². The van der Waals surface area contributed by atoms with Crippen LogP contribution >= 0.6 is 11.8 Å². The van der Waals surface area contributed by atoms with E-state index in [1.165, 1.54) is 11.8 Å². The van der Waals surface area contributed by atoms with Gasteiger partial charge in [-0.15, -0.1) is 11.8 Å². The molecule has 0 fully saturated rings. The van der Waals surface area contributed by atoms with Gasteiger partial charge in [0.2, 0.25) is 0 Å². The van der Waals surface area contributed by atoms with Gasteiger partial charge in [-0.2, -0.15) is 0 Å². The summed E-state index contributed by atoms with van der Waals surface area (Å²) in [5.41, 5.74) is 0.960. The summed E-state index contributed by atoms with van der Waals surface area (Å²) in [5, 5.41) is 12.3. The largest absolute Gasteiger partial charge is 0.395 e. The van der Waals surface area contributed by atoms with Gasteiger partial charge < -0.3 is 10.4 Å². The van der Waals surface area contributed by atoms with Gasteiger partial charge in [0.25, 0.3) is 0 Å². The fourth-order valence-corrected chi connectivity index (χ4v) is 2.44. The van der Waals surface area contributed by atoms with Crippen LogP contribution in [0.4, 0.5) is 4.39 Å². The monoisotopic (exact) mass is 271 g/mol. The van der Waals surface area contributed by atoms with Crippen LogP contribution < -0.4 is 5.32 Å². The third-order valence-electron chi connectivity index (χ3n) is 2.74. The molecule has 0 radical (unpaired) electrons. The predicted molar refractivity (Wildman–Crippen MR) is 75.5 cm³/mol. The van der Waals surface area contributed by atoms with Crippen LogP contribution in [-0.2, 0) is 0 Å². The lowest BCUT2D eigenvalue weighted by molar-refractivity contribution is 0.300. The SMILES string of the molecule is CCCNC(C)c1ccc(SC(C)CO)c(F)c1. The molecule has 18 heavy (non-hydrogen) atoms. The normalized spacial score (nSPS) is 14.5. The number of thioether (sulfide) groups is 1. The standard InChI is InChI=1S/C14H22FNOS/c1-4-7-16-11(3)12-5-6-14(13(15)8-12)18-10(2)9-17/h5-6,8,10-11,16-17H,4,7,9H2,1-3H3. The molecule has 0 spiro atoms. The summed E-state index contributed by atoms with van der Waals surface area (Å²) in [6, 6.07) is 5.49. The molecule has 102 valence electrons. The maximum atomic E-state index is 13.9. The van der Waals surface area contributed by atoms with Gasteiger partial charge in [-0.05, 0) is 37.6 Å². The molecule has 1 aromatic carbocycles. The fourth-order valence-electron chi connectivity index (χ4n) is 1.61. The van der Waals surface area contributed by atoms with Crippen LogP contribution in [0, 0.1) is 5.82 Å². The lowest BCUT2D eigenvalue weighted by Gasteiger charge is -2.15. The summed E-state index contributed by atoms with van der Waals surface area (Å²) in [6.45, 7) is 7.01. The quantitative estimate of drug-likeness (QED) is 0.746. The predicted octanol–water partition coefficient (Wildman–Crippen LogP) is 3.36. The highest BCUT2D eigenvalue weighted by Crippen LogP contribution is 2.27. The fraction of sp³-hybridized carbons (Fsp3) is 0.571. The van der Waals surface area contributed by atoms with E-state index in [0.29, 0.717) is 4.90 Å².